The smallest absolute Gasteiger partial charge is 0.144 e. The third kappa shape index (κ3) is 4.74. The summed E-state index contributed by atoms with van der Waals surface area (Å²) in [5.74, 6) is 0. The molecule has 0 N–H and O–H groups in total. The molecule has 0 unspecified atom stereocenters. The van der Waals surface area contributed by atoms with Crippen molar-refractivity contribution in [3.8, 4) is 33.4 Å². The fourth-order valence-electron chi connectivity index (χ4n) is 9.73. The highest BCUT2D eigenvalue weighted by molar-refractivity contribution is 6.25. The van der Waals surface area contributed by atoms with Gasteiger partial charge >= 0.3 is 0 Å². The summed E-state index contributed by atoms with van der Waals surface area (Å²) in [4.78, 5) is 2.40. The van der Waals surface area contributed by atoms with Crippen molar-refractivity contribution in [1.82, 2.24) is 0 Å². The maximum Gasteiger partial charge on any atom is 0.144 e. The second-order valence-electron chi connectivity index (χ2n) is 16.0. The third-order valence-electron chi connectivity index (χ3n) is 12.5. The summed E-state index contributed by atoms with van der Waals surface area (Å²) in [5, 5.41) is 6.59. The number of nitrogens with zero attached hydrogens (tertiary/aromatic N) is 1. The molecule has 0 saturated carbocycles. The van der Waals surface area contributed by atoms with Crippen molar-refractivity contribution < 1.29 is 8.83 Å². The van der Waals surface area contributed by atoms with Crippen LogP contribution < -0.4 is 4.90 Å². The second kappa shape index (κ2) is 12.3. The van der Waals surface area contributed by atoms with E-state index in [1.54, 1.807) is 0 Å². The van der Waals surface area contributed by atoms with Gasteiger partial charge in [-0.05, 0) is 86.6 Å². The molecule has 0 saturated heterocycles. The summed E-state index contributed by atoms with van der Waals surface area (Å²) < 4.78 is 13.8. The van der Waals surface area contributed by atoms with Gasteiger partial charge in [-0.2, -0.15) is 0 Å². The first-order chi connectivity index (χ1) is 28.5. The van der Waals surface area contributed by atoms with Crippen LogP contribution in [0.1, 0.15) is 25.0 Å². The molecule has 1 aliphatic rings. The highest BCUT2D eigenvalue weighted by Crippen LogP contribution is 2.52. The Hall–Kier alpha value is -7.36. The molecule has 2 aromatic heterocycles. The first kappa shape index (κ1) is 32.8. The minimum absolute atomic E-state index is 0.144. The molecule has 0 aliphatic heterocycles. The van der Waals surface area contributed by atoms with Gasteiger partial charge in [0.05, 0.1) is 5.69 Å². The van der Waals surface area contributed by atoms with Crippen molar-refractivity contribution >= 4 is 71.7 Å². The molecule has 3 heteroatoms. The van der Waals surface area contributed by atoms with Crippen molar-refractivity contribution in [1.29, 1.82) is 0 Å². The van der Waals surface area contributed by atoms with Crippen molar-refractivity contribution in [3.05, 3.63) is 199 Å². The van der Waals surface area contributed by atoms with E-state index >= 15 is 0 Å². The van der Waals surface area contributed by atoms with Gasteiger partial charge in [0.15, 0.2) is 0 Å². The molecule has 2 heterocycles. The molecule has 58 heavy (non-hydrogen) atoms. The summed E-state index contributed by atoms with van der Waals surface area (Å²) in [5.41, 5.74) is 16.3. The summed E-state index contributed by atoms with van der Waals surface area (Å²) in [6, 6.07) is 67.5. The van der Waals surface area contributed by atoms with Gasteiger partial charge in [0.25, 0.3) is 0 Å². The maximum atomic E-state index is 7.17. The monoisotopic (exact) mass is 743 g/mol. The summed E-state index contributed by atoms with van der Waals surface area (Å²) in [6.45, 7) is 4.69. The quantitative estimate of drug-likeness (QED) is 0.176. The molecule has 0 amide bonds. The van der Waals surface area contributed by atoms with Gasteiger partial charge in [0.1, 0.15) is 22.3 Å². The first-order valence-corrected chi connectivity index (χ1v) is 20.0. The number of rotatable bonds is 5. The Labute approximate surface area is 336 Å². The zero-order valence-corrected chi connectivity index (χ0v) is 32.2. The molecule has 0 atom stereocenters. The SMILES string of the molecule is CC1(C)c2ccccc2-c2ccc(N(c3ccc4c(c3)oc3c(-c5cccc6ccccc56)c5c(cc34)oc3ccccc35)c3ccccc3-c3ccccc3)cc21. The van der Waals surface area contributed by atoms with Crippen LogP contribution in [0.5, 0.6) is 0 Å². The van der Waals surface area contributed by atoms with E-state index in [4.69, 9.17) is 8.83 Å². The van der Waals surface area contributed by atoms with E-state index in [0.717, 1.165) is 83.2 Å². The van der Waals surface area contributed by atoms with Gasteiger partial charge < -0.3 is 13.7 Å². The number of para-hydroxylation sites is 2. The van der Waals surface area contributed by atoms with Crippen LogP contribution in [-0.4, -0.2) is 0 Å². The van der Waals surface area contributed by atoms with E-state index in [-0.39, 0.29) is 5.41 Å². The Morgan fingerprint density at radius 2 is 1.09 bits per heavy atom. The van der Waals surface area contributed by atoms with Crippen LogP contribution in [0, 0.1) is 0 Å². The average molecular weight is 744 g/mol. The lowest BCUT2D eigenvalue weighted by atomic mass is 9.82. The molecule has 3 nitrogen and oxygen atoms in total. The molecule has 11 aromatic rings. The van der Waals surface area contributed by atoms with Gasteiger partial charge in [-0.15, -0.1) is 0 Å². The number of anilines is 3. The van der Waals surface area contributed by atoms with E-state index in [1.807, 2.05) is 6.07 Å². The van der Waals surface area contributed by atoms with E-state index in [1.165, 1.54) is 33.0 Å². The topological polar surface area (TPSA) is 29.5 Å². The standard InChI is InChI=1S/C55H37NO2/c1-55(2)46-24-11-8-21-40(46)41-29-27-36(31-47(41)55)56(48-25-12-9-20-39(48)35-15-4-3-5-16-35)37-28-30-42-45-33-51-52(44-22-10-13-26-49(44)57-51)53(54(45)58-50(42)32-37)43-23-14-18-34-17-6-7-19-38(34)43/h3-33H,1-2H3. The zero-order chi connectivity index (χ0) is 38.5. The van der Waals surface area contributed by atoms with Gasteiger partial charge in [-0.25, -0.2) is 0 Å². The molecular weight excluding hydrogens is 707 g/mol. The molecule has 0 spiro atoms. The lowest BCUT2D eigenvalue weighted by molar-refractivity contribution is 0.660. The van der Waals surface area contributed by atoms with Crippen LogP contribution in [0.3, 0.4) is 0 Å². The molecule has 274 valence electrons. The zero-order valence-electron chi connectivity index (χ0n) is 32.2. The molecule has 9 aromatic carbocycles. The Morgan fingerprint density at radius 1 is 0.414 bits per heavy atom. The van der Waals surface area contributed by atoms with Gasteiger partial charge in [-0.3, -0.25) is 0 Å². The van der Waals surface area contributed by atoms with Crippen LogP contribution >= 0.6 is 0 Å². The largest absolute Gasteiger partial charge is 0.456 e. The number of fused-ring (bicyclic) bond motifs is 10. The maximum absolute atomic E-state index is 7.17. The number of hydrogen-bond acceptors (Lipinski definition) is 3. The number of hydrogen-bond donors (Lipinski definition) is 0. The van der Waals surface area contributed by atoms with Crippen LogP contribution in [0.25, 0.3) is 88.0 Å². The number of furan rings is 2. The molecule has 1 aliphatic carbocycles. The highest BCUT2D eigenvalue weighted by atomic mass is 16.3. The van der Waals surface area contributed by atoms with Gasteiger partial charge in [0, 0.05) is 55.5 Å². The van der Waals surface area contributed by atoms with Crippen LogP contribution in [0.2, 0.25) is 0 Å². The Morgan fingerprint density at radius 3 is 1.98 bits per heavy atom. The average Bonchev–Trinajstić information content (AvgIpc) is 3.90. The Bertz CT molecular complexity index is 3430. The second-order valence-corrected chi connectivity index (χ2v) is 16.0. The Balaban J connectivity index is 1.12. The highest BCUT2D eigenvalue weighted by Gasteiger charge is 2.36. The van der Waals surface area contributed by atoms with Crippen molar-refractivity contribution in [2.24, 2.45) is 0 Å². The molecule has 0 bridgehead atoms. The van der Waals surface area contributed by atoms with E-state index in [2.05, 4.69) is 201 Å². The van der Waals surface area contributed by atoms with Crippen molar-refractivity contribution in [2.45, 2.75) is 19.3 Å². The predicted molar refractivity (Wildman–Crippen MR) is 242 cm³/mol. The predicted octanol–water partition coefficient (Wildman–Crippen LogP) is 15.7. The van der Waals surface area contributed by atoms with Gasteiger partial charge in [-0.1, -0.05) is 153 Å². The third-order valence-corrected chi connectivity index (χ3v) is 12.5. The molecular formula is C55H37NO2. The normalized spacial score (nSPS) is 13.1. The Kier molecular flexibility index (Phi) is 6.98. The summed E-state index contributed by atoms with van der Waals surface area (Å²) in [6.07, 6.45) is 0. The van der Waals surface area contributed by atoms with E-state index < -0.39 is 0 Å². The summed E-state index contributed by atoms with van der Waals surface area (Å²) in [7, 11) is 0. The van der Waals surface area contributed by atoms with Crippen molar-refractivity contribution in [2.75, 3.05) is 4.90 Å². The van der Waals surface area contributed by atoms with Crippen LogP contribution in [-0.2, 0) is 5.41 Å². The van der Waals surface area contributed by atoms with Crippen LogP contribution in [0.15, 0.2) is 197 Å². The first-order valence-electron chi connectivity index (χ1n) is 20.0. The molecule has 12 rings (SSSR count). The molecule has 0 radical (unpaired) electrons. The fraction of sp³-hybridized carbons (Fsp3) is 0.0545. The van der Waals surface area contributed by atoms with Gasteiger partial charge in [0.2, 0.25) is 0 Å². The van der Waals surface area contributed by atoms with Crippen LogP contribution in [0.4, 0.5) is 17.1 Å². The minimum atomic E-state index is -0.144. The fourth-order valence-corrected chi connectivity index (χ4v) is 9.73. The van der Waals surface area contributed by atoms with E-state index in [0.29, 0.717) is 0 Å². The van der Waals surface area contributed by atoms with E-state index in [9.17, 15) is 0 Å². The lowest BCUT2D eigenvalue weighted by Crippen LogP contribution is -2.16. The minimum Gasteiger partial charge on any atom is -0.456 e. The van der Waals surface area contributed by atoms with Crippen molar-refractivity contribution in [3.63, 3.8) is 0 Å². The lowest BCUT2D eigenvalue weighted by Gasteiger charge is -2.29. The summed E-state index contributed by atoms with van der Waals surface area (Å²) >= 11 is 0. The molecule has 0 fully saturated rings. The number of benzene rings is 9.